The van der Waals surface area contributed by atoms with E-state index in [4.69, 9.17) is 0 Å². The average Bonchev–Trinajstić information content (AvgIpc) is 1.95. The highest BCUT2D eigenvalue weighted by molar-refractivity contribution is 5.16. The van der Waals surface area contributed by atoms with Crippen molar-refractivity contribution in [3.8, 4) is 0 Å². The molecule has 0 aliphatic carbocycles. The molecule has 0 amide bonds. The molecule has 0 N–H and O–H groups in total. The standard InChI is InChI=1S/C8H7F2/c1-2-6-3-4-7(9)8(10)5-6/h3,5H,2H2,1H3. The van der Waals surface area contributed by atoms with Gasteiger partial charge >= 0.3 is 0 Å². The molecule has 2 heteroatoms. The zero-order valence-electron chi connectivity index (χ0n) is 5.62. The van der Waals surface area contributed by atoms with E-state index in [1.54, 1.807) is 0 Å². The molecule has 0 aliphatic heterocycles. The minimum Gasteiger partial charge on any atom is -0.204 e. The minimum absolute atomic E-state index is 0.702. The van der Waals surface area contributed by atoms with Crippen LogP contribution in [0.1, 0.15) is 12.5 Å². The highest BCUT2D eigenvalue weighted by Gasteiger charge is 2.00. The fourth-order valence-corrected chi connectivity index (χ4v) is 0.697. The van der Waals surface area contributed by atoms with Gasteiger partial charge in [-0.2, -0.15) is 0 Å². The predicted molar refractivity (Wildman–Crippen MR) is 34.6 cm³/mol. The van der Waals surface area contributed by atoms with Crippen LogP contribution in [0.4, 0.5) is 8.78 Å². The molecule has 0 aromatic heterocycles. The van der Waals surface area contributed by atoms with Crippen LogP contribution in [-0.2, 0) is 6.42 Å². The first-order chi connectivity index (χ1) is 4.74. The third kappa shape index (κ3) is 1.32. The fourth-order valence-electron chi connectivity index (χ4n) is 0.697. The number of benzene rings is 1. The Kier molecular flexibility index (Phi) is 2.00. The Morgan fingerprint density at radius 3 is 2.70 bits per heavy atom. The van der Waals surface area contributed by atoms with Crippen LogP contribution in [0.15, 0.2) is 12.1 Å². The maximum Gasteiger partial charge on any atom is 0.166 e. The molecule has 0 atom stereocenters. The van der Waals surface area contributed by atoms with E-state index >= 15 is 0 Å². The lowest BCUT2D eigenvalue weighted by molar-refractivity contribution is 0.505. The first kappa shape index (κ1) is 7.19. The molecule has 0 spiro atoms. The van der Waals surface area contributed by atoms with Gasteiger partial charge in [-0.25, -0.2) is 8.78 Å². The van der Waals surface area contributed by atoms with Gasteiger partial charge in [0.25, 0.3) is 0 Å². The number of hydrogen-bond acceptors (Lipinski definition) is 0. The first-order valence-electron chi connectivity index (χ1n) is 3.09. The number of hydrogen-bond donors (Lipinski definition) is 0. The van der Waals surface area contributed by atoms with Crippen molar-refractivity contribution in [1.29, 1.82) is 0 Å². The Balaban J connectivity index is 3.04. The van der Waals surface area contributed by atoms with Gasteiger partial charge in [-0.05, 0) is 24.1 Å². The largest absolute Gasteiger partial charge is 0.204 e. The molecule has 53 valence electrons. The molecule has 10 heavy (non-hydrogen) atoms. The first-order valence-corrected chi connectivity index (χ1v) is 3.09. The Morgan fingerprint density at radius 2 is 2.20 bits per heavy atom. The maximum atomic E-state index is 12.4. The van der Waals surface area contributed by atoms with Crippen molar-refractivity contribution in [2.45, 2.75) is 13.3 Å². The monoisotopic (exact) mass is 141 g/mol. The second-order valence-electron chi connectivity index (χ2n) is 2.02. The number of rotatable bonds is 1. The zero-order chi connectivity index (χ0) is 7.56. The Morgan fingerprint density at radius 1 is 1.50 bits per heavy atom. The lowest BCUT2D eigenvalue weighted by Crippen LogP contribution is -1.86. The van der Waals surface area contributed by atoms with E-state index in [0.29, 0.717) is 6.42 Å². The second-order valence-corrected chi connectivity index (χ2v) is 2.02. The van der Waals surface area contributed by atoms with Crippen LogP contribution in [-0.4, -0.2) is 0 Å². The molecular weight excluding hydrogens is 134 g/mol. The smallest absolute Gasteiger partial charge is 0.166 e. The molecule has 0 unspecified atom stereocenters. The molecule has 1 radical (unpaired) electrons. The second kappa shape index (κ2) is 2.78. The van der Waals surface area contributed by atoms with E-state index in [-0.39, 0.29) is 0 Å². The van der Waals surface area contributed by atoms with Crippen LogP contribution >= 0.6 is 0 Å². The van der Waals surface area contributed by atoms with E-state index in [9.17, 15) is 8.78 Å². The fraction of sp³-hybridized carbons (Fsp3) is 0.250. The van der Waals surface area contributed by atoms with Crippen molar-refractivity contribution < 1.29 is 8.78 Å². The molecule has 0 aliphatic rings. The summed E-state index contributed by atoms with van der Waals surface area (Å²) in [6.07, 6.45) is 0.702. The highest BCUT2D eigenvalue weighted by Crippen LogP contribution is 2.07. The van der Waals surface area contributed by atoms with Gasteiger partial charge in [0.15, 0.2) is 11.6 Å². The lowest BCUT2D eigenvalue weighted by Gasteiger charge is -1.95. The van der Waals surface area contributed by atoms with E-state index in [0.717, 1.165) is 5.56 Å². The lowest BCUT2D eigenvalue weighted by atomic mass is 10.2. The van der Waals surface area contributed by atoms with Crippen LogP contribution in [0.3, 0.4) is 0 Å². The van der Waals surface area contributed by atoms with Gasteiger partial charge in [-0.15, -0.1) is 0 Å². The summed E-state index contributed by atoms with van der Waals surface area (Å²) in [6.45, 7) is 1.88. The third-order valence-electron chi connectivity index (χ3n) is 1.31. The van der Waals surface area contributed by atoms with Gasteiger partial charge in [0.2, 0.25) is 0 Å². The van der Waals surface area contributed by atoms with Gasteiger partial charge in [0.05, 0.1) is 0 Å². The molecule has 1 rings (SSSR count). The van der Waals surface area contributed by atoms with Crippen LogP contribution < -0.4 is 0 Å². The van der Waals surface area contributed by atoms with Gasteiger partial charge in [0, 0.05) is 6.07 Å². The molecule has 0 saturated heterocycles. The molecule has 0 heterocycles. The Labute approximate surface area is 58.5 Å². The van der Waals surface area contributed by atoms with Crippen molar-refractivity contribution in [1.82, 2.24) is 0 Å². The summed E-state index contributed by atoms with van der Waals surface area (Å²) in [5.41, 5.74) is 0.763. The maximum absolute atomic E-state index is 12.4. The van der Waals surface area contributed by atoms with Crippen molar-refractivity contribution in [2.24, 2.45) is 0 Å². The summed E-state index contributed by atoms with van der Waals surface area (Å²) >= 11 is 0. The minimum atomic E-state index is -0.905. The average molecular weight is 141 g/mol. The van der Waals surface area contributed by atoms with Crippen molar-refractivity contribution in [3.05, 3.63) is 35.4 Å². The number of halogens is 2. The zero-order valence-corrected chi connectivity index (χ0v) is 5.62. The molecule has 1 aromatic carbocycles. The number of aryl methyl sites for hydroxylation is 1. The van der Waals surface area contributed by atoms with Gasteiger partial charge in [-0.1, -0.05) is 6.92 Å². The van der Waals surface area contributed by atoms with Crippen LogP contribution in [0.5, 0.6) is 0 Å². The molecule has 1 aromatic rings. The topological polar surface area (TPSA) is 0 Å². The summed E-state index contributed by atoms with van der Waals surface area (Å²) in [6, 6.07) is 4.82. The van der Waals surface area contributed by atoms with E-state index < -0.39 is 11.6 Å². The predicted octanol–water partition coefficient (Wildman–Crippen LogP) is 2.33. The van der Waals surface area contributed by atoms with Crippen molar-refractivity contribution >= 4 is 0 Å². The summed E-state index contributed by atoms with van der Waals surface area (Å²) in [5.74, 6) is -1.73. The SMILES string of the molecule is CCc1c[c]c(F)c(F)c1. The van der Waals surface area contributed by atoms with Crippen LogP contribution in [0, 0.1) is 17.7 Å². The molecular formula is C8H7F2. The van der Waals surface area contributed by atoms with E-state index in [1.165, 1.54) is 12.1 Å². The van der Waals surface area contributed by atoms with Crippen LogP contribution in [0.25, 0.3) is 0 Å². The van der Waals surface area contributed by atoms with Gasteiger partial charge < -0.3 is 0 Å². The summed E-state index contributed by atoms with van der Waals surface area (Å²) in [5, 5.41) is 0. The summed E-state index contributed by atoms with van der Waals surface area (Å²) < 4.78 is 24.6. The quantitative estimate of drug-likeness (QED) is 0.563. The van der Waals surface area contributed by atoms with Crippen molar-refractivity contribution in [2.75, 3.05) is 0 Å². The molecule has 0 bridgehead atoms. The van der Waals surface area contributed by atoms with Crippen LogP contribution in [0.2, 0.25) is 0 Å². The molecule has 0 fully saturated rings. The third-order valence-corrected chi connectivity index (χ3v) is 1.31. The summed E-state index contributed by atoms with van der Waals surface area (Å²) in [7, 11) is 0. The van der Waals surface area contributed by atoms with Gasteiger partial charge in [0.1, 0.15) is 0 Å². The molecule has 0 saturated carbocycles. The van der Waals surface area contributed by atoms with E-state index in [1.807, 2.05) is 6.92 Å². The Hall–Kier alpha value is -0.920. The van der Waals surface area contributed by atoms with Crippen molar-refractivity contribution in [3.63, 3.8) is 0 Å². The summed E-state index contributed by atoms with van der Waals surface area (Å²) in [4.78, 5) is 0. The van der Waals surface area contributed by atoms with E-state index in [2.05, 4.69) is 6.07 Å². The highest BCUT2D eigenvalue weighted by atomic mass is 19.2. The van der Waals surface area contributed by atoms with Gasteiger partial charge in [-0.3, -0.25) is 0 Å². The normalized spacial score (nSPS) is 9.90. The molecule has 0 nitrogen and oxygen atoms in total. The Bertz CT molecular complexity index is 231.